The average molecular weight is 369 g/mol. The Bertz CT molecular complexity index is 1070. The molecule has 3 aromatic carbocycles. The van der Waals surface area contributed by atoms with Gasteiger partial charge in [0, 0.05) is 19.6 Å². The van der Waals surface area contributed by atoms with Crippen molar-refractivity contribution in [1.82, 2.24) is 0 Å². The van der Waals surface area contributed by atoms with Gasteiger partial charge in [-0.2, -0.15) is 0 Å². The van der Waals surface area contributed by atoms with Crippen LogP contribution in [0.5, 0.6) is 0 Å². The van der Waals surface area contributed by atoms with E-state index in [9.17, 15) is 0 Å². The molecule has 0 nitrogen and oxygen atoms in total. The van der Waals surface area contributed by atoms with E-state index in [-0.39, 0.29) is 5.41 Å². The molecule has 0 radical (unpaired) electrons. The molecule has 0 unspecified atom stereocenters. The van der Waals surface area contributed by atoms with Crippen LogP contribution in [0.25, 0.3) is 11.1 Å². The van der Waals surface area contributed by atoms with Crippen molar-refractivity contribution in [2.75, 3.05) is 0 Å². The van der Waals surface area contributed by atoms with Gasteiger partial charge in [-0.1, -0.05) is 96.3 Å². The Hall–Kier alpha value is -2.16. The third-order valence-electron chi connectivity index (χ3n) is 5.65. The van der Waals surface area contributed by atoms with Crippen LogP contribution in [0.15, 0.2) is 105 Å². The summed E-state index contributed by atoms with van der Waals surface area (Å²) in [6.45, 7) is 0. The lowest BCUT2D eigenvalue weighted by Gasteiger charge is -2.39. The lowest BCUT2D eigenvalue weighted by molar-refractivity contribution is 0.652. The molecular weight excluding hydrogens is 352 g/mol. The van der Waals surface area contributed by atoms with Crippen molar-refractivity contribution in [2.24, 2.45) is 0 Å². The van der Waals surface area contributed by atoms with Crippen LogP contribution in [0.3, 0.4) is 0 Å². The molecule has 0 saturated heterocycles. The van der Waals surface area contributed by atoms with Crippen LogP contribution in [0.4, 0.5) is 0 Å². The second kappa shape index (κ2) is 5.42. The monoisotopic (exact) mass is 368 g/mol. The van der Waals surface area contributed by atoms with Crippen LogP contribution in [0.2, 0.25) is 0 Å². The van der Waals surface area contributed by atoms with Crippen LogP contribution in [0.1, 0.15) is 17.5 Å². The highest BCUT2D eigenvalue weighted by Gasteiger charge is 2.48. The van der Waals surface area contributed by atoms with E-state index in [1.54, 1.807) is 0 Å². The average Bonchev–Trinajstić information content (AvgIpc) is 2.98. The zero-order chi connectivity index (χ0) is 17.1. The molecule has 3 aromatic rings. The maximum absolute atomic E-state index is 2.37. The van der Waals surface area contributed by atoms with Crippen molar-refractivity contribution in [3.8, 4) is 11.1 Å². The van der Waals surface area contributed by atoms with E-state index in [0.717, 1.165) is 6.42 Å². The van der Waals surface area contributed by atoms with Crippen molar-refractivity contribution >= 4 is 23.5 Å². The van der Waals surface area contributed by atoms with E-state index in [2.05, 4.69) is 84.9 Å². The van der Waals surface area contributed by atoms with Gasteiger partial charge in [-0.25, -0.2) is 0 Å². The van der Waals surface area contributed by atoms with Crippen molar-refractivity contribution in [3.63, 3.8) is 0 Å². The molecule has 2 heteroatoms. The molecule has 0 fully saturated rings. The van der Waals surface area contributed by atoms with Gasteiger partial charge in [-0.15, -0.1) is 0 Å². The highest BCUT2D eigenvalue weighted by Crippen LogP contribution is 2.63. The molecule has 1 heterocycles. The number of fused-ring (bicyclic) bond motifs is 7. The first kappa shape index (κ1) is 15.0. The number of rotatable bonds is 0. The first-order valence-corrected chi connectivity index (χ1v) is 10.6. The topological polar surface area (TPSA) is 0 Å². The summed E-state index contributed by atoms with van der Waals surface area (Å²) in [4.78, 5) is 5.66. The summed E-state index contributed by atoms with van der Waals surface area (Å²) in [5, 5.41) is 0. The van der Waals surface area contributed by atoms with Gasteiger partial charge < -0.3 is 0 Å². The quantitative estimate of drug-likeness (QED) is 0.418. The van der Waals surface area contributed by atoms with Crippen molar-refractivity contribution in [3.05, 3.63) is 106 Å². The number of thioether (sulfide) groups is 2. The molecule has 0 amide bonds. The second-order valence-electron chi connectivity index (χ2n) is 6.95. The summed E-state index contributed by atoms with van der Waals surface area (Å²) in [7, 11) is 0. The minimum absolute atomic E-state index is 0.0392. The van der Waals surface area contributed by atoms with Gasteiger partial charge in [-0.3, -0.25) is 0 Å². The minimum atomic E-state index is -0.0392. The molecule has 3 aliphatic rings. The summed E-state index contributed by atoms with van der Waals surface area (Å²) in [6.07, 6.45) is 5.74. The summed E-state index contributed by atoms with van der Waals surface area (Å²) < 4.78 is 0. The molecule has 0 aromatic heterocycles. The molecule has 2 aliphatic carbocycles. The highest BCUT2D eigenvalue weighted by atomic mass is 32.2. The second-order valence-corrected chi connectivity index (χ2v) is 9.08. The summed E-state index contributed by atoms with van der Waals surface area (Å²) in [6, 6.07) is 26.8. The lowest BCUT2D eigenvalue weighted by Crippen LogP contribution is -2.29. The lowest BCUT2D eigenvalue weighted by atomic mass is 9.73. The predicted molar refractivity (Wildman–Crippen MR) is 112 cm³/mol. The largest absolute Gasteiger partial charge is 0.0909 e. The van der Waals surface area contributed by atoms with Crippen molar-refractivity contribution < 1.29 is 0 Å². The van der Waals surface area contributed by atoms with Gasteiger partial charge in [0.1, 0.15) is 0 Å². The number of hydrogen-bond acceptors (Lipinski definition) is 2. The number of allylic oxidation sites excluding steroid dienone is 3. The third kappa shape index (κ3) is 1.84. The maximum atomic E-state index is 2.37. The van der Waals surface area contributed by atoms with Crippen molar-refractivity contribution in [2.45, 2.75) is 21.6 Å². The van der Waals surface area contributed by atoms with Crippen LogP contribution < -0.4 is 0 Å². The highest BCUT2D eigenvalue weighted by molar-refractivity contribution is 8.09. The fourth-order valence-electron chi connectivity index (χ4n) is 4.58. The standard InChI is InChI=1S/C24H16S2/c1-3-10-18-16(8-1)17-9-2-4-11-19(17)24(18)15-7-14-22-23(24)26-21-13-6-5-12-20(21)25-22/h1-14H,15H2. The third-order valence-corrected chi connectivity index (χ3v) is 8.39. The molecule has 1 aliphatic heterocycles. The van der Waals surface area contributed by atoms with E-state index in [1.807, 2.05) is 23.5 Å². The van der Waals surface area contributed by atoms with Gasteiger partial charge in [0.15, 0.2) is 0 Å². The Kier molecular flexibility index (Phi) is 3.12. The van der Waals surface area contributed by atoms with Crippen molar-refractivity contribution in [1.29, 1.82) is 0 Å². The summed E-state index contributed by atoms with van der Waals surface area (Å²) in [5.41, 5.74) is 5.68. The first-order valence-electron chi connectivity index (χ1n) is 8.93. The fourth-order valence-corrected chi connectivity index (χ4v) is 7.24. The van der Waals surface area contributed by atoms with Crippen LogP contribution in [0, 0.1) is 0 Å². The van der Waals surface area contributed by atoms with Crippen LogP contribution >= 0.6 is 23.5 Å². The Labute approximate surface area is 162 Å². The maximum Gasteiger partial charge on any atom is 0.0572 e. The van der Waals surface area contributed by atoms with E-state index in [4.69, 9.17) is 0 Å². The fraction of sp³-hybridized carbons (Fsp3) is 0.0833. The molecular formula is C24H16S2. The van der Waals surface area contributed by atoms with Gasteiger partial charge in [0.2, 0.25) is 0 Å². The van der Waals surface area contributed by atoms with E-state index >= 15 is 0 Å². The molecule has 26 heavy (non-hydrogen) atoms. The Morgan fingerprint density at radius 1 is 0.654 bits per heavy atom. The van der Waals surface area contributed by atoms with E-state index in [0.29, 0.717) is 0 Å². The van der Waals surface area contributed by atoms with Gasteiger partial charge in [-0.05, 0) is 40.8 Å². The Morgan fingerprint density at radius 3 is 1.92 bits per heavy atom. The Morgan fingerprint density at radius 2 is 1.23 bits per heavy atom. The first-order chi connectivity index (χ1) is 12.9. The molecule has 0 saturated carbocycles. The summed E-state index contributed by atoms with van der Waals surface area (Å²) >= 11 is 3.89. The van der Waals surface area contributed by atoms with Crippen LogP contribution in [-0.4, -0.2) is 0 Å². The van der Waals surface area contributed by atoms with E-state index < -0.39 is 0 Å². The summed E-state index contributed by atoms with van der Waals surface area (Å²) in [5.74, 6) is 0. The smallest absolute Gasteiger partial charge is 0.0572 e. The molecule has 124 valence electrons. The zero-order valence-electron chi connectivity index (χ0n) is 14.1. The number of hydrogen-bond donors (Lipinski definition) is 0. The van der Waals surface area contributed by atoms with Gasteiger partial charge in [0.25, 0.3) is 0 Å². The SMILES string of the molecule is C1=CC2=C(Sc3ccccc3S2)C2(C1)c1ccccc1-c1ccccc12. The zero-order valence-corrected chi connectivity index (χ0v) is 15.7. The number of benzene rings is 3. The Balaban J connectivity index is 1.66. The van der Waals surface area contributed by atoms with Gasteiger partial charge >= 0.3 is 0 Å². The molecule has 0 atom stereocenters. The van der Waals surface area contributed by atoms with E-state index in [1.165, 1.54) is 41.9 Å². The minimum Gasteiger partial charge on any atom is -0.0909 e. The van der Waals surface area contributed by atoms with Gasteiger partial charge in [0.05, 0.1) is 5.41 Å². The molecule has 6 rings (SSSR count). The molecule has 1 spiro atoms. The molecule has 0 bridgehead atoms. The predicted octanol–water partition coefficient (Wildman–Crippen LogP) is 7.02. The molecule has 0 N–H and O–H groups in total. The normalized spacial score (nSPS) is 18.3. The van der Waals surface area contributed by atoms with Crippen LogP contribution in [-0.2, 0) is 5.41 Å².